The molecule has 1 N–H and O–H groups in total. The molecule has 2 aromatic rings. The summed E-state index contributed by atoms with van der Waals surface area (Å²) >= 11 is 21.8. The van der Waals surface area contributed by atoms with Crippen LogP contribution in [-0.2, 0) is 9.59 Å². The van der Waals surface area contributed by atoms with E-state index < -0.39 is 5.91 Å². The van der Waals surface area contributed by atoms with Crippen molar-refractivity contribution in [3.63, 3.8) is 0 Å². The summed E-state index contributed by atoms with van der Waals surface area (Å²) < 4.78 is 1.23. The third-order valence-corrected chi connectivity index (χ3v) is 6.24. The number of amides is 2. The Bertz CT molecular complexity index is 982. The maximum Gasteiger partial charge on any atom is 0.266 e. The molecule has 3 rings (SSSR count). The lowest BCUT2D eigenvalue weighted by Gasteiger charge is -2.15. The number of halogens is 3. The predicted molar refractivity (Wildman–Crippen MR) is 119 cm³/mol. The molecule has 1 aliphatic rings. The normalized spacial score (nSPS) is 15.5. The van der Waals surface area contributed by atoms with E-state index in [0.717, 1.165) is 21.8 Å². The Labute approximate surface area is 184 Å². The van der Waals surface area contributed by atoms with Gasteiger partial charge in [-0.3, -0.25) is 14.5 Å². The highest BCUT2D eigenvalue weighted by molar-refractivity contribution is 9.10. The summed E-state index contributed by atoms with van der Waals surface area (Å²) in [6.07, 6.45) is 1.75. The largest absolute Gasteiger partial charge is 0.323 e. The molecule has 2 amide bonds. The van der Waals surface area contributed by atoms with Crippen molar-refractivity contribution in [2.45, 2.75) is 0 Å². The van der Waals surface area contributed by atoms with Gasteiger partial charge in [-0.2, -0.15) is 0 Å². The van der Waals surface area contributed by atoms with Gasteiger partial charge in [-0.1, -0.05) is 81.3 Å². The molecule has 0 aliphatic carbocycles. The molecule has 1 heterocycles. The van der Waals surface area contributed by atoms with Crippen molar-refractivity contribution >= 4 is 91.0 Å². The van der Waals surface area contributed by atoms with Gasteiger partial charge in [-0.05, 0) is 35.9 Å². The van der Waals surface area contributed by atoms with E-state index in [1.165, 1.54) is 4.90 Å². The van der Waals surface area contributed by atoms with Gasteiger partial charge in [-0.15, -0.1) is 0 Å². The van der Waals surface area contributed by atoms with Crippen LogP contribution in [0.5, 0.6) is 0 Å². The van der Waals surface area contributed by atoms with E-state index in [4.69, 9.17) is 35.4 Å². The first-order chi connectivity index (χ1) is 12.8. The zero-order chi connectivity index (χ0) is 19.6. The summed E-state index contributed by atoms with van der Waals surface area (Å²) in [6, 6.07) is 12.5. The van der Waals surface area contributed by atoms with Gasteiger partial charge in [0, 0.05) is 4.47 Å². The minimum absolute atomic E-state index is 0.205. The van der Waals surface area contributed by atoms with Crippen molar-refractivity contribution in [2.24, 2.45) is 0 Å². The fourth-order valence-electron chi connectivity index (χ4n) is 2.32. The summed E-state index contributed by atoms with van der Waals surface area (Å²) in [5, 5.41) is 3.22. The van der Waals surface area contributed by atoms with Crippen LogP contribution in [-0.4, -0.2) is 27.6 Å². The highest BCUT2D eigenvalue weighted by Crippen LogP contribution is 2.33. The molecule has 0 radical (unpaired) electrons. The second-order valence-corrected chi connectivity index (χ2v) is 8.85. The average Bonchev–Trinajstić information content (AvgIpc) is 2.86. The minimum Gasteiger partial charge on any atom is -0.323 e. The Balaban J connectivity index is 1.72. The van der Waals surface area contributed by atoms with Gasteiger partial charge in [-0.25, -0.2) is 0 Å². The first kappa shape index (κ1) is 20.4. The van der Waals surface area contributed by atoms with E-state index >= 15 is 0 Å². The number of anilines is 1. The Hall–Kier alpha value is -1.38. The van der Waals surface area contributed by atoms with Crippen molar-refractivity contribution in [3.8, 4) is 0 Å². The molecule has 0 aromatic heterocycles. The molecule has 1 saturated heterocycles. The molecule has 27 heavy (non-hydrogen) atoms. The lowest BCUT2D eigenvalue weighted by atomic mass is 10.2. The number of hydrogen-bond donors (Lipinski definition) is 1. The maximum atomic E-state index is 12.6. The third-order valence-electron chi connectivity index (χ3n) is 3.55. The fourth-order valence-corrected chi connectivity index (χ4v) is 4.34. The van der Waals surface area contributed by atoms with Gasteiger partial charge in [0.05, 0.1) is 20.6 Å². The zero-order valence-electron chi connectivity index (χ0n) is 13.5. The van der Waals surface area contributed by atoms with E-state index in [9.17, 15) is 9.59 Å². The van der Waals surface area contributed by atoms with Crippen molar-refractivity contribution in [1.29, 1.82) is 0 Å². The number of nitrogens with zero attached hydrogens (tertiary/aromatic N) is 1. The fraction of sp³-hybridized carbons (Fsp3) is 0.0556. The lowest BCUT2D eigenvalue weighted by Crippen LogP contribution is -2.36. The van der Waals surface area contributed by atoms with Gasteiger partial charge < -0.3 is 5.32 Å². The molecule has 9 heteroatoms. The second-order valence-electron chi connectivity index (χ2n) is 5.47. The average molecular weight is 502 g/mol. The van der Waals surface area contributed by atoms with E-state index in [0.29, 0.717) is 19.9 Å². The van der Waals surface area contributed by atoms with Crippen LogP contribution in [0.4, 0.5) is 5.69 Å². The molecule has 2 aromatic carbocycles. The smallest absolute Gasteiger partial charge is 0.266 e. The minimum atomic E-state index is -0.417. The summed E-state index contributed by atoms with van der Waals surface area (Å²) in [7, 11) is 0. The van der Waals surface area contributed by atoms with Gasteiger partial charge in [0.1, 0.15) is 10.9 Å². The van der Waals surface area contributed by atoms with Crippen molar-refractivity contribution in [1.82, 2.24) is 4.90 Å². The topological polar surface area (TPSA) is 49.4 Å². The number of thioether (sulfide) groups is 1. The Kier molecular flexibility index (Phi) is 6.60. The van der Waals surface area contributed by atoms with Gasteiger partial charge in [0.15, 0.2) is 0 Å². The Morgan fingerprint density at radius 1 is 1.26 bits per heavy atom. The number of carbonyl (C=O) groups excluding carboxylic acids is 2. The Morgan fingerprint density at radius 3 is 2.74 bits per heavy atom. The lowest BCUT2D eigenvalue weighted by molar-refractivity contribution is -0.126. The number of hydrogen-bond acceptors (Lipinski definition) is 4. The molecule has 0 spiro atoms. The monoisotopic (exact) mass is 500 g/mol. The number of thiocarbonyl (C=S) groups is 1. The van der Waals surface area contributed by atoms with Crippen LogP contribution < -0.4 is 5.32 Å². The van der Waals surface area contributed by atoms with Crippen LogP contribution in [0.3, 0.4) is 0 Å². The molecule has 0 bridgehead atoms. The predicted octanol–water partition coefficient (Wildman–Crippen LogP) is 5.60. The van der Waals surface area contributed by atoms with Crippen LogP contribution in [0, 0.1) is 0 Å². The molecule has 1 fully saturated rings. The zero-order valence-corrected chi connectivity index (χ0v) is 18.3. The summed E-state index contributed by atoms with van der Waals surface area (Å²) in [6.45, 7) is -0.205. The molecular formula is C18H11BrCl2N2O2S2. The molecular weight excluding hydrogens is 491 g/mol. The first-order valence-electron chi connectivity index (χ1n) is 7.60. The van der Waals surface area contributed by atoms with Crippen molar-refractivity contribution in [2.75, 3.05) is 11.9 Å². The molecule has 4 nitrogen and oxygen atoms in total. The standard InChI is InChI=1S/C18H11BrCl2N2O2S2/c19-11-4-1-3-10(7-11)8-14-17(25)23(18(26)27-14)9-15(24)22-13-6-2-5-12(20)16(13)21/h1-8H,9H2,(H,22,24)/b14-8-. The molecule has 1 aliphatic heterocycles. The number of benzene rings is 2. The van der Waals surface area contributed by atoms with Crippen LogP contribution in [0.2, 0.25) is 10.0 Å². The van der Waals surface area contributed by atoms with E-state index in [2.05, 4.69) is 21.2 Å². The van der Waals surface area contributed by atoms with Crippen LogP contribution >= 0.6 is 63.1 Å². The van der Waals surface area contributed by atoms with Crippen LogP contribution in [0.15, 0.2) is 51.8 Å². The molecule has 0 saturated carbocycles. The van der Waals surface area contributed by atoms with Gasteiger partial charge in [0.2, 0.25) is 5.91 Å². The number of nitrogens with one attached hydrogen (secondary N) is 1. The SMILES string of the molecule is O=C(CN1C(=O)/C(=C/c2cccc(Br)c2)SC1=S)Nc1cccc(Cl)c1Cl. The number of carbonyl (C=O) groups is 2. The van der Waals surface area contributed by atoms with Gasteiger partial charge >= 0.3 is 0 Å². The van der Waals surface area contributed by atoms with E-state index in [1.807, 2.05) is 24.3 Å². The van der Waals surface area contributed by atoms with Crippen molar-refractivity contribution < 1.29 is 9.59 Å². The van der Waals surface area contributed by atoms with Gasteiger partial charge in [0.25, 0.3) is 5.91 Å². The maximum absolute atomic E-state index is 12.6. The van der Waals surface area contributed by atoms with E-state index in [-0.39, 0.29) is 17.5 Å². The quantitative estimate of drug-likeness (QED) is 0.437. The highest BCUT2D eigenvalue weighted by atomic mass is 79.9. The molecule has 138 valence electrons. The molecule has 0 unspecified atom stereocenters. The van der Waals surface area contributed by atoms with Crippen LogP contribution in [0.1, 0.15) is 5.56 Å². The summed E-state index contributed by atoms with van der Waals surface area (Å²) in [5.74, 6) is -0.725. The summed E-state index contributed by atoms with van der Waals surface area (Å²) in [4.78, 5) is 26.7. The van der Waals surface area contributed by atoms with Crippen molar-refractivity contribution in [3.05, 3.63) is 67.5 Å². The molecule has 0 atom stereocenters. The van der Waals surface area contributed by atoms with E-state index in [1.54, 1.807) is 24.3 Å². The summed E-state index contributed by atoms with van der Waals surface area (Å²) in [5.41, 5.74) is 1.24. The highest BCUT2D eigenvalue weighted by Gasteiger charge is 2.33. The number of rotatable bonds is 4. The van der Waals surface area contributed by atoms with Crippen LogP contribution in [0.25, 0.3) is 6.08 Å². The second kappa shape index (κ2) is 8.75. The third kappa shape index (κ3) is 4.92. The Morgan fingerprint density at radius 2 is 2.00 bits per heavy atom. The first-order valence-corrected chi connectivity index (χ1v) is 10.4.